The predicted octanol–water partition coefficient (Wildman–Crippen LogP) is 1.23. The van der Waals surface area contributed by atoms with Gasteiger partial charge in [0, 0.05) is 18.7 Å². The van der Waals surface area contributed by atoms with E-state index in [1.165, 1.54) is 22.8 Å². The number of nitrogens with one attached hydrogen (secondary N) is 2. The number of benzene rings is 1. The van der Waals surface area contributed by atoms with Crippen LogP contribution in [0.5, 0.6) is 0 Å². The highest BCUT2D eigenvalue weighted by molar-refractivity contribution is 7.89. The molecule has 1 aliphatic heterocycles. The van der Waals surface area contributed by atoms with E-state index in [2.05, 4.69) is 20.5 Å². The molecule has 2 aromatic rings. The molecule has 23 heavy (non-hydrogen) atoms. The van der Waals surface area contributed by atoms with Crippen LogP contribution < -0.4 is 5.32 Å². The van der Waals surface area contributed by atoms with E-state index in [9.17, 15) is 13.2 Å². The minimum absolute atomic E-state index is 0.129. The average Bonchev–Trinajstić information content (AvgIpc) is 3.09. The largest absolute Gasteiger partial charge is 0.291 e. The molecule has 0 bridgehead atoms. The molecule has 2 heterocycles. The van der Waals surface area contributed by atoms with Gasteiger partial charge < -0.3 is 0 Å². The van der Waals surface area contributed by atoms with Crippen LogP contribution in [0, 0.1) is 0 Å². The van der Waals surface area contributed by atoms with Crippen LogP contribution in [0.3, 0.4) is 0 Å². The zero-order chi connectivity index (χ0) is 16.3. The summed E-state index contributed by atoms with van der Waals surface area (Å²) in [5, 5.41) is 8.67. The molecule has 2 N–H and O–H groups in total. The van der Waals surface area contributed by atoms with Crippen LogP contribution in [0.1, 0.15) is 29.6 Å². The molecule has 0 saturated carbocycles. The molecule has 1 aromatic carbocycles. The van der Waals surface area contributed by atoms with Crippen molar-refractivity contribution in [1.29, 1.82) is 0 Å². The standard InChI is InChI=1S/C14H17N5O3S/c20-13(17-14-15-10-16-18-14)11-5-4-6-12(9-11)23(21,22)19-7-2-1-3-8-19/h4-6,9-10H,1-3,7-8H2,(H2,15,16,17,18,20). The van der Waals surface area contributed by atoms with Crippen molar-refractivity contribution < 1.29 is 13.2 Å². The topological polar surface area (TPSA) is 108 Å². The summed E-state index contributed by atoms with van der Waals surface area (Å²) in [5.74, 6) is -0.239. The Morgan fingerprint density at radius 1 is 1.22 bits per heavy atom. The van der Waals surface area contributed by atoms with E-state index in [-0.39, 0.29) is 16.4 Å². The maximum Gasteiger partial charge on any atom is 0.258 e. The average molecular weight is 335 g/mol. The Morgan fingerprint density at radius 2 is 2.00 bits per heavy atom. The van der Waals surface area contributed by atoms with Crippen molar-refractivity contribution in [2.45, 2.75) is 24.2 Å². The van der Waals surface area contributed by atoms with Gasteiger partial charge in [0.2, 0.25) is 16.0 Å². The molecule has 0 atom stereocenters. The first-order valence-corrected chi connectivity index (χ1v) is 8.78. The van der Waals surface area contributed by atoms with Gasteiger partial charge in [-0.2, -0.15) is 14.4 Å². The fourth-order valence-electron chi connectivity index (χ4n) is 2.50. The van der Waals surface area contributed by atoms with Gasteiger partial charge in [-0.1, -0.05) is 12.5 Å². The first-order valence-electron chi connectivity index (χ1n) is 7.34. The number of amides is 1. The zero-order valence-corrected chi connectivity index (χ0v) is 13.2. The molecule has 9 heteroatoms. The number of rotatable bonds is 4. The van der Waals surface area contributed by atoms with E-state index in [1.54, 1.807) is 12.1 Å². The van der Waals surface area contributed by atoms with Crippen molar-refractivity contribution in [2.24, 2.45) is 0 Å². The van der Waals surface area contributed by atoms with Gasteiger partial charge in [-0.05, 0) is 31.0 Å². The van der Waals surface area contributed by atoms with Crippen LogP contribution in [-0.4, -0.2) is 46.9 Å². The molecule has 1 aliphatic rings. The number of hydrogen-bond donors (Lipinski definition) is 2. The second-order valence-corrected chi connectivity index (χ2v) is 7.22. The summed E-state index contributed by atoms with van der Waals surface area (Å²) in [6.45, 7) is 1.05. The van der Waals surface area contributed by atoms with Crippen molar-refractivity contribution in [3.63, 3.8) is 0 Å². The first kappa shape index (κ1) is 15.6. The maximum atomic E-state index is 12.6. The SMILES string of the molecule is O=C(Nc1ncn[nH]1)c1cccc(S(=O)(=O)N2CCCCC2)c1. The smallest absolute Gasteiger partial charge is 0.258 e. The Hall–Kier alpha value is -2.26. The lowest BCUT2D eigenvalue weighted by Gasteiger charge is -2.26. The number of carbonyl (C=O) groups excluding carboxylic acids is 1. The monoisotopic (exact) mass is 335 g/mol. The number of sulfonamides is 1. The Labute approximate surface area is 134 Å². The van der Waals surface area contributed by atoms with E-state index < -0.39 is 15.9 Å². The number of nitrogens with zero attached hydrogens (tertiary/aromatic N) is 3. The minimum Gasteiger partial charge on any atom is -0.291 e. The van der Waals surface area contributed by atoms with E-state index in [1.807, 2.05) is 0 Å². The van der Waals surface area contributed by atoms with Crippen molar-refractivity contribution in [1.82, 2.24) is 19.5 Å². The fourth-order valence-corrected chi connectivity index (χ4v) is 4.06. The summed E-state index contributed by atoms with van der Waals surface area (Å²) in [6.07, 6.45) is 4.05. The van der Waals surface area contributed by atoms with Gasteiger partial charge in [-0.15, -0.1) is 0 Å². The van der Waals surface area contributed by atoms with Gasteiger partial charge in [-0.3, -0.25) is 10.1 Å². The zero-order valence-electron chi connectivity index (χ0n) is 12.4. The van der Waals surface area contributed by atoms with E-state index >= 15 is 0 Å². The van der Waals surface area contributed by atoms with Gasteiger partial charge in [0.05, 0.1) is 4.90 Å². The number of anilines is 1. The summed E-state index contributed by atoms with van der Waals surface area (Å²) < 4.78 is 26.8. The van der Waals surface area contributed by atoms with E-state index in [0.29, 0.717) is 13.1 Å². The lowest BCUT2D eigenvalue weighted by atomic mass is 10.2. The van der Waals surface area contributed by atoms with E-state index in [4.69, 9.17) is 0 Å². The van der Waals surface area contributed by atoms with Crippen LogP contribution in [0.2, 0.25) is 0 Å². The van der Waals surface area contributed by atoms with Gasteiger partial charge in [-0.25, -0.2) is 13.5 Å². The highest BCUT2D eigenvalue weighted by atomic mass is 32.2. The number of piperidine rings is 1. The lowest BCUT2D eigenvalue weighted by molar-refractivity contribution is 0.102. The maximum absolute atomic E-state index is 12.6. The molecule has 0 aliphatic carbocycles. The van der Waals surface area contributed by atoms with Crippen LogP contribution in [0.25, 0.3) is 0 Å². The minimum atomic E-state index is -3.56. The first-order chi connectivity index (χ1) is 11.1. The molecule has 1 fully saturated rings. The quantitative estimate of drug-likeness (QED) is 0.874. The van der Waals surface area contributed by atoms with Crippen molar-refractivity contribution in [3.8, 4) is 0 Å². The predicted molar refractivity (Wildman–Crippen MR) is 83.4 cm³/mol. The summed E-state index contributed by atoms with van der Waals surface area (Å²) in [5.41, 5.74) is 0.250. The van der Waals surface area contributed by atoms with Crippen LogP contribution >= 0.6 is 0 Å². The second kappa shape index (κ2) is 6.47. The number of aromatic nitrogens is 3. The number of hydrogen-bond acceptors (Lipinski definition) is 5. The summed E-state index contributed by atoms with van der Waals surface area (Å²) in [6, 6.07) is 6.01. The summed E-state index contributed by atoms with van der Waals surface area (Å²) >= 11 is 0. The number of aromatic amines is 1. The summed E-state index contributed by atoms with van der Waals surface area (Å²) in [4.78, 5) is 16.1. The van der Waals surface area contributed by atoms with Gasteiger partial charge in [0.15, 0.2) is 0 Å². The Bertz CT molecular complexity index is 783. The molecular formula is C14H17N5O3S. The van der Waals surface area contributed by atoms with Crippen LogP contribution in [0.15, 0.2) is 35.5 Å². The molecule has 1 saturated heterocycles. The fraction of sp³-hybridized carbons (Fsp3) is 0.357. The van der Waals surface area contributed by atoms with Crippen LogP contribution in [0.4, 0.5) is 5.95 Å². The molecule has 8 nitrogen and oxygen atoms in total. The highest BCUT2D eigenvalue weighted by Gasteiger charge is 2.26. The third kappa shape index (κ3) is 3.40. The van der Waals surface area contributed by atoms with Gasteiger partial charge in [0.1, 0.15) is 6.33 Å². The molecule has 122 valence electrons. The molecule has 3 rings (SSSR count). The third-order valence-electron chi connectivity index (χ3n) is 3.70. The van der Waals surface area contributed by atoms with E-state index in [0.717, 1.165) is 19.3 Å². The Balaban J connectivity index is 1.83. The van der Waals surface area contributed by atoms with Crippen molar-refractivity contribution in [3.05, 3.63) is 36.2 Å². The Morgan fingerprint density at radius 3 is 2.70 bits per heavy atom. The third-order valence-corrected chi connectivity index (χ3v) is 5.59. The lowest BCUT2D eigenvalue weighted by Crippen LogP contribution is -2.35. The second-order valence-electron chi connectivity index (χ2n) is 5.28. The molecule has 0 spiro atoms. The van der Waals surface area contributed by atoms with Gasteiger partial charge >= 0.3 is 0 Å². The van der Waals surface area contributed by atoms with Crippen molar-refractivity contribution in [2.75, 3.05) is 18.4 Å². The number of carbonyl (C=O) groups is 1. The molecule has 1 amide bonds. The molecule has 0 radical (unpaired) electrons. The molecule has 0 unspecified atom stereocenters. The summed E-state index contributed by atoms with van der Waals surface area (Å²) in [7, 11) is -3.56. The Kier molecular flexibility index (Phi) is 4.39. The number of H-pyrrole nitrogens is 1. The van der Waals surface area contributed by atoms with Crippen LogP contribution in [-0.2, 0) is 10.0 Å². The molecule has 1 aromatic heterocycles. The molecular weight excluding hydrogens is 318 g/mol. The highest BCUT2D eigenvalue weighted by Crippen LogP contribution is 2.21. The van der Waals surface area contributed by atoms with Crippen molar-refractivity contribution >= 4 is 21.9 Å². The van der Waals surface area contributed by atoms with Gasteiger partial charge in [0.25, 0.3) is 5.91 Å². The normalized spacial score (nSPS) is 16.2.